The molecule has 0 aromatic heterocycles. The minimum atomic E-state index is -0.0666. The third-order valence-electron chi connectivity index (χ3n) is 6.85. The first kappa shape index (κ1) is 33.4. The van der Waals surface area contributed by atoms with Crippen LogP contribution in [-0.4, -0.2) is 39.0 Å². The van der Waals surface area contributed by atoms with Crippen LogP contribution in [0.3, 0.4) is 0 Å². The van der Waals surface area contributed by atoms with Crippen molar-refractivity contribution in [1.82, 2.24) is 0 Å². The molecule has 0 aliphatic heterocycles. The van der Waals surface area contributed by atoms with Gasteiger partial charge in [-0.25, -0.2) is 0 Å². The molecule has 0 aromatic carbocycles. The van der Waals surface area contributed by atoms with Crippen molar-refractivity contribution in [3.63, 3.8) is 0 Å². The van der Waals surface area contributed by atoms with Crippen molar-refractivity contribution >= 4 is 5.97 Å². The third-order valence-corrected chi connectivity index (χ3v) is 6.85. The maximum atomic E-state index is 12.2. The van der Waals surface area contributed by atoms with E-state index in [1.54, 1.807) is 0 Å². The van der Waals surface area contributed by atoms with Crippen LogP contribution in [-0.2, 0) is 19.0 Å². The largest absolute Gasteiger partial charge is 0.465 e. The quantitative estimate of drug-likeness (QED) is 0.0862. The number of ether oxygens (including phenoxy) is 3. The van der Waals surface area contributed by atoms with Crippen LogP contribution in [0.4, 0.5) is 0 Å². The third kappa shape index (κ3) is 23.1. The lowest BCUT2D eigenvalue weighted by molar-refractivity contribution is -0.145. The van der Waals surface area contributed by atoms with E-state index in [0.29, 0.717) is 44.7 Å². The van der Waals surface area contributed by atoms with E-state index in [9.17, 15) is 4.79 Å². The molecule has 0 rings (SSSR count). The van der Waals surface area contributed by atoms with Gasteiger partial charge in [0.1, 0.15) is 0 Å². The molecular formula is C30H60O4. The van der Waals surface area contributed by atoms with E-state index in [1.165, 1.54) is 103 Å². The van der Waals surface area contributed by atoms with Gasteiger partial charge in [-0.05, 0) is 37.5 Å². The molecule has 0 fully saturated rings. The maximum Gasteiger partial charge on any atom is 0.305 e. The van der Waals surface area contributed by atoms with Gasteiger partial charge in [0.2, 0.25) is 0 Å². The molecule has 0 radical (unpaired) electrons. The van der Waals surface area contributed by atoms with Gasteiger partial charge in [-0.2, -0.15) is 0 Å². The second kappa shape index (κ2) is 27.0. The minimum absolute atomic E-state index is 0.0666. The first-order valence-electron chi connectivity index (χ1n) is 15.0. The van der Waals surface area contributed by atoms with E-state index in [1.807, 2.05) is 0 Å². The van der Waals surface area contributed by atoms with Gasteiger partial charge in [0.25, 0.3) is 0 Å². The van der Waals surface area contributed by atoms with Crippen LogP contribution in [0.5, 0.6) is 0 Å². The van der Waals surface area contributed by atoms with E-state index < -0.39 is 0 Å². The standard InChI is InChI=1S/C30H60O4/c1-5-9-12-14-15-17-21-29(20-16-13-10-6-2)27-34-30(31)22-18-23-32-24-25-33-26-28(8-4)19-11-7-3/h28-29H,5-27H2,1-4H3. The number of rotatable bonds is 27. The van der Waals surface area contributed by atoms with Crippen LogP contribution in [0.15, 0.2) is 0 Å². The second-order valence-corrected chi connectivity index (χ2v) is 10.2. The SMILES string of the molecule is CCCCCCCCC(CCCCCC)COC(=O)CCCOCCOCC(CC)CCCC. The fraction of sp³-hybridized carbons (Fsp3) is 0.967. The van der Waals surface area contributed by atoms with Gasteiger partial charge in [0, 0.05) is 19.6 Å². The smallest absolute Gasteiger partial charge is 0.305 e. The zero-order chi connectivity index (χ0) is 25.1. The summed E-state index contributed by atoms with van der Waals surface area (Å²) in [6, 6.07) is 0. The van der Waals surface area contributed by atoms with Crippen LogP contribution in [0.25, 0.3) is 0 Å². The molecule has 0 spiro atoms. The fourth-order valence-corrected chi connectivity index (χ4v) is 4.35. The molecule has 204 valence electrons. The molecule has 0 aliphatic rings. The van der Waals surface area contributed by atoms with Gasteiger partial charge in [-0.1, -0.05) is 111 Å². The molecule has 2 unspecified atom stereocenters. The van der Waals surface area contributed by atoms with Gasteiger partial charge in [0.15, 0.2) is 0 Å². The maximum absolute atomic E-state index is 12.2. The van der Waals surface area contributed by atoms with Crippen molar-refractivity contribution in [2.24, 2.45) is 11.8 Å². The lowest BCUT2D eigenvalue weighted by Gasteiger charge is -2.17. The molecule has 2 atom stereocenters. The summed E-state index contributed by atoms with van der Waals surface area (Å²) in [5, 5.41) is 0. The van der Waals surface area contributed by atoms with E-state index in [2.05, 4.69) is 27.7 Å². The van der Waals surface area contributed by atoms with Crippen LogP contribution < -0.4 is 0 Å². The number of hydrogen-bond acceptors (Lipinski definition) is 4. The predicted octanol–water partition coefficient (Wildman–Crippen LogP) is 8.90. The molecule has 0 amide bonds. The van der Waals surface area contributed by atoms with Crippen molar-refractivity contribution in [2.75, 3.05) is 33.0 Å². The van der Waals surface area contributed by atoms with E-state index in [0.717, 1.165) is 13.0 Å². The molecule has 34 heavy (non-hydrogen) atoms. The summed E-state index contributed by atoms with van der Waals surface area (Å²) in [6.07, 6.45) is 21.6. The van der Waals surface area contributed by atoms with E-state index >= 15 is 0 Å². The summed E-state index contributed by atoms with van der Waals surface area (Å²) in [4.78, 5) is 12.2. The Morgan fingerprint density at radius 3 is 1.76 bits per heavy atom. The molecule has 0 saturated carbocycles. The zero-order valence-corrected chi connectivity index (χ0v) is 23.6. The first-order valence-corrected chi connectivity index (χ1v) is 15.0. The molecule has 4 nitrogen and oxygen atoms in total. The predicted molar refractivity (Wildman–Crippen MR) is 145 cm³/mol. The molecule has 0 heterocycles. The number of carbonyl (C=O) groups excluding carboxylic acids is 1. The van der Waals surface area contributed by atoms with Crippen LogP contribution >= 0.6 is 0 Å². The summed E-state index contributed by atoms with van der Waals surface area (Å²) >= 11 is 0. The van der Waals surface area contributed by atoms with Crippen molar-refractivity contribution in [2.45, 2.75) is 143 Å². The van der Waals surface area contributed by atoms with Gasteiger partial charge in [-0.15, -0.1) is 0 Å². The Morgan fingerprint density at radius 1 is 0.559 bits per heavy atom. The van der Waals surface area contributed by atoms with Crippen LogP contribution in [0.1, 0.15) is 143 Å². The number of unbranched alkanes of at least 4 members (excludes halogenated alkanes) is 9. The number of hydrogen-bond donors (Lipinski definition) is 0. The normalized spacial score (nSPS) is 13.2. The molecule has 0 aromatic rings. The first-order chi connectivity index (χ1) is 16.7. The Bertz CT molecular complexity index is 413. The number of carbonyl (C=O) groups is 1. The lowest BCUT2D eigenvalue weighted by atomic mass is 9.95. The van der Waals surface area contributed by atoms with Crippen LogP contribution in [0.2, 0.25) is 0 Å². The molecule has 0 bridgehead atoms. The topological polar surface area (TPSA) is 44.8 Å². The van der Waals surface area contributed by atoms with Crippen molar-refractivity contribution in [3.05, 3.63) is 0 Å². The zero-order valence-electron chi connectivity index (χ0n) is 23.6. The Hall–Kier alpha value is -0.610. The molecule has 0 aliphatic carbocycles. The molecule has 0 saturated heterocycles. The molecule has 0 N–H and O–H groups in total. The highest BCUT2D eigenvalue weighted by atomic mass is 16.5. The van der Waals surface area contributed by atoms with Crippen molar-refractivity contribution in [3.8, 4) is 0 Å². The second-order valence-electron chi connectivity index (χ2n) is 10.2. The van der Waals surface area contributed by atoms with Crippen LogP contribution in [0, 0.1) is 11.8 Å². The van der Waals surface area contributed by atoms with Gasteiger partial charge < -0.3 is 14.2 Å². The van der Waals surface area contributed by atoms with Gasteiger partial charge in [0.05, 0.1) is 19.8 Å². The van der Waals surface area contributed by atoms with E-state index in [-0.39, 0.29) is 5.97 Å². The average molecular weight is 485 g/mol. The van der Waals surface area contributed by atoms with Gasteiger partial charge >= 0.3 is 5.97 Å². The summed E-state index contributed by atoms with van der Waals surface area (Å²) in [5.74, 6) is 1.14. The highest BCUT2D eigenvalue weighted by molar-refractivity contribution is 5.69. The number of esters is 1. The summed E-state index contributed by atoms with van der Waals surface area (Å²) < 4.78 is 17.1. The Morgan fingerprint density at radius 2 is 1.12 bits per heavy atom. The average Bonchev–Trinajstić information content (AvgIpc) is 2.85. The lowest BCUT2D eigenvalue weighted by Crippen LogP contribution is -2.15. The Labute approximate surface area is 213 Å². The molecule has 4 heteroatoms. The Kier molecular flexibility index (Phi) is 26.5. The van der Waals surface area contributed by atoms with Crippen molar-refractivity contribution < 1.29 is 19.0 Å². The monoisotopic (exact) mass is 484 g/mol. The van der Waals surface area contributed by atoms with Crippen molar-refractivity contribution in [1.29, 1.82) is 0 Å². The molecular weight excluding hydrogens is 424 g/mol. The minimum Gasteiger partial charge on any atom is -0.465 e. The summed E-state index contributed by atoms with van der Waals surface area (Å²) in [7, 11) is 0. The summed E-state index contributed by atoms with van der Waals surface area (Å²) in [6.45, 7) is 12.3. The Balaban J connectivity index is 3.85. The van der Waals surface area contributed by atoms with E-state index in [4.69, 9.17) is 14.2 Å². The highest BCUT2D eigenvalue weighted by Gasteiger charge is 2.12. The van der Waals surface area contributed by atoms with Gasteiger partial charge in [-0.3, -0.25) is 4.79 Å². The fourth-order valence-electron chi connectivity index (χ4n) is 4.35. The highest BCUT2D eigenvalue weighted by Crippen LogP contribution is 2.20. The summed E-state index contributed by atoms with van der Waals surface area (Å²) in [5.41, 5.74) is 0.